The maximum atomic E-state index is 6.03. The molecule has 2 saturated heterocycles. The van der Waals surface area contributed by atoms with E-state index in [0.29, 0.717) is 0 Å². The lowest BCUT2D eigenvalue weighted by atomic mass is 9.82. The van der Waals surface area contributed by atoms with Gasteiger partial charge in [-0.3, -0.25) is 4.90 Å². The summed E-state index contributed by atoms with van der Waals surface area (Å²) in [6, 6.07) is 0.745. The first-order chi connectivity index (χ1) is 9.19. The molecule has 2 aliphatic rings. The molecule has 4 nitrogen and oxygen atoms in total. The quantitative estimate of drug-likeness (QED) is 0.786. The van der Waals surface area contributed by atoms with Crippen molar-refractivity contribution < 1.29 is 4.74 Å². The van der Waals surface area contributed by atoms with E-state index in [-0.39, 0.29) is 5.41 Å². The standard InChI is InChI=1S/C15H31N3O/c1-3-18-8-4-6-14(18)10-17(2)12-15(11-16)7-5-9-19-13-15/h14H,3-13,16H2,1-2H3. The zero-order valence-corrected chi connectivity index (χ0v) is 12.7. The molecular formula is C15H31N3O. The number of hydrogen-bond donors (Lipinski definition) is 1. The topological polar surface area (TPSA) is 41.7 Å². The summed E-state index contributed by atoms with van der Waals surface area (Å²) in [5, 5.41) is 0. The number of nitrogens with two attached hydrogens (primary N) is 1. The van der Waals surface area contributed by atoms with E-state index < -0.39 is 0 Å². The van der Waals surface area contributed by atoms with Gasteiger partial charge >= 0.3 is 0 Å². The van der Waals surface area contributed by atoms with E-state index in [0.717, 1.165) is 38.8 Å². The number of nitrogens with zero attached hydrogens (tertiary/aromatic N) is 2. The lowest BCUT2D eigenvalue weighted by molar-refractivity contribution is -0.0205. The molecule has 2 heterocycles. The van der Waals surface area contributed by atoms with Gasteiger partial charge in [0.1, 0.15) is 0 Å². The largest absolute Gasteiger partial charge is 0.381 e. The lowest BCUT2D eigenvalue weighted by Crippen LogP contribution is -2.49. The molecule has 0 aromatic rings. The summed E-state index contributed by atoms with van der Waals surface area (Å²) in [4.78, 5) is 5.10. The summed E-state index contributed by atoms with van der Waals surface area (Å²) in [7, 11) is 2.25. The Balaban J connectivity index is 1.83. The van der Waals surface area contributed by atoms with Crippen LogP contribution in [0.4, 0.5) is 0 Å². The van der Waals surface area contributed by atoms with Gasteiger partial charge in [-0.2, -0.15) is 0 Å². The molecule has 4 heteroatoms. The van der Waals surface area contributed by atoms with E-state index in [2.05, 4.69) is 23.8 Å². The summed E-state index contributed by atoms with van der Waals surface area (Å²) in [6.45, 7) is 9.50. The van der Waals surface area contributed by atoms with E-state index in [4.69, 9.17) is 10.5 Å². The molecule has 2 rings (SSSR count). The van der Waals surface area contributed by atoms with Gasteiger partial charge in [0.2, 0.25) is 0 Å². The molecule has 2 fully saturated rings. The van der Waals surface area contributed by atoms with Crippen LogP contribution in [0.1, 0.15) is 32.6 Å². The molecule has 0 spiro atoms. The van der Waals surface area contributed by atoms with E-state index in [1.807, 2.05) is 0 Å². The van der Waals surface area contributed by atoms with Crippen molar-refractivity contribution in [3.8, 4) is 0 Å². The highest BCUT2D eigenvalue weighted by Gasteiger charge is 2.34. The second-order valence-electron chi connectivity index (χ2n) is 6.48. The van der Waals surface area contributed by atoms with Gasteiger partial charge < -0.3 is 15.4 Å². The van der Waals surface area contributed by atoms with Crippen molar-refractivity contribution in [3.63, 3.8) is 0 Å². The van der Waals surface area contributed by atoms with Crippen LogP contribution < -0.4 is 5.73 Å². The monoisotopic (exact) mass is 269 g/mol. The van der Waals surface area contributed by atoms with Crippen molar-refractivity contribution in [2.24, 2.45) is 11.1 Å². The predicted molar refractivity (Wildman–Crippen MR) is 79.3 cm³/mol. The van der Waals surface area contributed by atoms with Crippen LogP contribution in [0.2, 0.25) is 0 Å². The SMILES string of the molecule is CCN1CCCC1CN(C)CC1(CN)CCCOC1. The molecule has 0 amide bonds. The van der Waals surface area contributed by atoms with Crippen molar-refractivity contribution in [1.82, 2.24) is 9.80 Å². The van der Waals surface area contributed by atoms with Gasteiger partial charge in [0.15, 0.2) is 0 Å². The molecule has 2 atom stereocenters. The van der Waals surface area contributed by atoms with E-state index >= 15 is 0 Å². The Morgan fingerprint density at radius 1 is 1.42 bits per heavy atom. The number of likely N-dealkylation sites (tertiary alicyclic amines) is 1. The van der Waals surface area contributed by atoms with E-state index in [1.54, 1.807) is 0 Å². The Morgan fingerprint density at radius 3 is 2.89 bits per heavy atom. The van der Waals surface area contributed by atoms with Crippen molar-refractivity contribution in [1.29, 1.82) is 0 Å². The third kappa shape index (κ3) is 3.91. The fourth-order valence-corrected chi connectivity index (χ4v) is 3.78. The van der Waals surface area contributed by atoms with Crippen LogP contribution in [-0.2, 0) is 4.74 Å². The van der Waals surface area contributed by atoms with Gasteiger partial charge in [-0.25, -0.2) is 0 Å². The molecule has 112 valence electrons. The maximum absolute atomic E-state index is 6.03. The smallest absolute Gasteiger partial charge is 0.0546 e. The molecule has 0 aromatic carbocycles. The fraction of sp³-hybridized carbons (Fsp3) is 1.00. The average Bonchev–Trinajstić information content (AvgIpc) is 2.86. The van der Waals surface area contributed by atoms with Crippen LogP contribution in [0.3, 0.4) is 0 Å². The van der Waals surface area contributed by atoms with E-state index in [9.17, 15) is 0 Å². The van der Waals surface area contributed by atoms with Gasteiger partial charge in [0.05, 0.1) is 6.61 Å². The van der Waals surface area contributed by atoms with Crippen LogP contribution in [0, 0.1) is 5.41 Å². The van der Waals surface area contributed by atoms with Gasteiger partial charge in [0.25, 0.3) is 0 Å². The molecular weight excluding hydrogens is 238 g/mol. The Kier molecular flexibility index (Phi) is 5.63. The number of hydrogen-bond acceptors (Lipinski definition) is 4. The van der Waals surface area contributed by atoms with Crippen molar-refractivity contribution >= 4 is 0 Å². The summed E-state index contributed by atoms with van der Waals surface area (Å²) < 4.78 is 5.67. The van der Waals surface area contributed by atoms with Crippen molar-refractivity contribution in [2.75, 3.05) is 53.0 Å². The lowest BCUT2D eigenvalue weighted by Gasteiger charge is -2.40. The predicted octanol–water partition coefficient (Wildman–Crippen LogP) is 1.16. The van der Waals surface area contributed by atoms with Crippen LogP contribution in [0.15, 0.2) is 0 Å². The highest BCUT2D eigenvalue weighted by atomic mass is 16.5. The van der Waals surface area contributed by atoms with Crippen LogP contribution in [0.5, 0.6) is 0 Å². The second kappa shape index (κ2) is 7.02. The summed E-state index contributed by atoms with van der Waals surface area (Å²) in [5.74, 6) is 0. The van der Waals surface area contributed by atoms with Gasteiger partial charge in [0, 0.05) is 37.7 Å². The second-order valence-corrected chi connectivity index (χ2v) is 6.48. The molecule has 19 heavy (non-hydrogen) atoms. The molecule has 0 saturated carbocycles. The van der Waals surface area contributed by atoms with Crippen LogP contribution in [0.25, 0.3) is 0 Å². The third-order valence-electron chi connectivity index (χ3n) is 4.87. The number of rotatable bonds is 6. The first-order valence-electron chi connectivity index (χ1n) is 7.89. The van der Waals surface area contributed by atoms with Crippen molar-refractivity contribution in [2.45, 2.75) is 38.6 Å². The molecule has 2 N–H and O–H groups in total. The normalized spacial score (nSPS) is 33.2. The zero-order valence-electron chi connectivity index (χ0n) is 12.7. The summed E-state index contributed by atoms with van der Waals surface area (Å²) in [5.41, 5.74) is 6.23. The first-order valence-corrected chi connectivity index (χ1v) is 7.89. The van der Waals surface area contributed by atoms with Gasteiger partial charge in [-0.05, 0) is 45.8 Å². The summed E-state index contributed by atoms with van der Waals surface area (Å²) in [6.07, 6.45) is 5.09. The number of likely N-dealkylation sites (N-methyl/N-ethyl adjacent to an activating group) is 2. The minimum Gasteiger partial charge on any atom is -0.381 e. The van der Waals surface area contributed by atoms with E-state index in [1.165, 1.54) is 38.9 Å². The minimum absolute atomic E-state index is 0.197. The highest BCUT2D eigenvalue weighted by molar-refractivity contribution is 4.88. The number of ether oxygens (including phenoxy) is 1. The van der Waals surface area contributed by atoms with Gasteiger partial charge in [-0.1, -0.05) is 6.92 Å². The Morgan fingerprint density at radius 2 is 2.26 bits per heavy atom. The first kappa shape index (κ1) is 15.2. The highest BCUT2D eigenvalue weighted by Crippen LogP contribution is 2.29. The van der Waals surface area contributed by atoms with Crippen LogP contribution >= 0.6 is 0 Å². The molecule has 2 unspecified atom stereocenters. The molecule has 2 aliphatic heterocycles. The van der Waals surface area contributed by atoms with Gasteiger partial charge in [-0.15, -0.1) is 0 Å². The Hall–Kier alpha value is -0.160. The fourth-order valence-electron chi connectivity index (χ4n) is 3.78. The Bertz CT molecular complexity index is 266. The maximum Gasteiger partial charge on any atom is 0.0546 e. The Labute approximate surface area is 118 Å². The molecule has 0 radical (unpaired) electrons. The molecule has 0 aliphatic carbocycles. The molecule has 0 aromatic heterocycles. The third-order valence-corrected chi connectivity index (χ3v) is 4.87. The zero-order chi connectivity index (χ0) is 13.7. The van der Waals surface area contributed by atoms with Crippen molar-refractivity contribution in [3.05, 3.63) is 0 Å². The minimum atomic E-state index is 0.197. The summed E-state index contributed by atoms with van der Waals surface area (Å²) >= 11 is 0. The molecule has 0 bridgehead atoms. The average molecular weight is 269 g/mol. The van der Waals surface area contributed by atoms with Crippen LogP contribution in [-0.4, -0.2) is 68.8 Å².